The maximum absolute atomic E-state index is 11.4. The molecule has 1 heterocycles. The van der Waals surface area contributed by atoms with Crippen LogP contribution < -0.4 is 5.32 Å². The molecule has 0 spiro atoms. The summed E-state index contributed by atoms with van der Waals surface area (Å²) in [6.45, 7) is 2.84. The zero-order valence-corrected chi connectivity index (χ0v) is 8.66. The van der Waals surface area contributed by atoms with Crippen LogP contribution in [0.3, 0.4) is 0 Å². The highest BCUT2D eigenvalue weighted by Gasteiger charge is 2.07. The van der Waals surface area contributed by atoms with Gasteiger partial charge in [-0.05, 0) is 6.42 Å². The first-order chi connectivity index (χ1) is 6.74. The number of carbonyl (C=O) groups is 1. The number of hydrogen-bond donors (Lipinski definition) is 1. The molecule has 0 fully saturated rings. The molecule has 1 aromatic rings. The highest BCUT2D eigenvalue weighted by atomic mass is 16.1. The molecule has 1 aromatic heterocycles. The summed E-state index contributed by atoms with van der Waals surface area (Å²) >= 11 is 0. The molecule has 0 bridgehead atoms. The SMILES string of the molecule is CCCCCNC(=O)c1cn(C)nn1. The number of aryl methyl sites for hydroxylation is 1. The molecule has 0 saturated heterocycles. The monoisotopic (exact) mass is 196 g/mol. The lowest BCUT2D eigenvalue weighted by atomic mass is 10.2. The van der Waals surface area contributed by atoms with Gasteiger partial charge >= 0.3 is 0 Å². The van der Waals surface area contributed by atoms with Gasteiger partial charge in [-0.2, -0.15) is 0 Å². The van der Waals surface area contributed by atoms with Crippen molar-refractivity contribution >= 4 is 5.91 Å². The molecule has 78 valence electrons. The van der Waals surface area contributed by atoms with Crippen molar-refractivity contribution in [3.63, 3.8) is 0 Å². The van der Waals surface area contributed by atoms with Gasteiger partial charge in [0.2, 0.25) is 0 Å². The van der Waals surface area contributed by atoms with Gasteiger partial charge in [0.1, 0.15) is 0 Å². The minimum Gasteiger partial charge on any atom is -0.351 e. The lowest BCUT2D eigenvalue weighted by molar-refractivity contribution is 0.0948. The fourth-order valence-electron chi connectivity index (χ4n) is 1.12. The predicted molar refractivity (Wildman–Crippen MR) is 52.9 cm³/mol. The molecule has 1 rings (SSSR count). The Morgan fingerprint density at radius 1 is 1.57 bits per heavy atom. The predicted octanol–water partition coefficient (Wildman–Crippen LogP) is 0.735. The summed E-state index contributed by atoms with van der Waals surface area (Å²) in [7, 11) is 1.74. The summed E-state index contributed by atoms with van der Waals surface area (Å²) < 4.78 is 1.51. The van der Waals surface area contributed by atoms with Crippen molar-refractivity contribution < 1.29 is 4.79 Å². The van der Waals surface area contributed by atoms with Crippen LogP contribution in [0.1, 0.15) is 36.7 Å². The van der Waals surface area contributed by atoms with Crippen molar-refractivity contribution in [3.8, 4) is 0 Å². The molecular formula is C9H16N4O. The molecule has 1 amide bonds. The summed E-state index contributed by atoms with van der Waals surface area (Å²) in [5.41, 5.74) is 0.379. The second-order valence-electron chi connectivity index (χ2n) is 3.24. The van der Waals surface area contributed by atoms with Crippen molar-refractivity contribution in [2.75, 3.05) is 6.54 Å². The Kier molecular flexibility index (Phi) is 4.10. The third-order valence-corrected chi connectivity index (χ3v) is 1.90. The van der Waals surface area contributed by atoms with Crippen LogP contribution in [0.15, 0.2) is 6.20 Å². The summed E-state index contributed by atoms with van der Waals surface area (Å²) in [6.07, 6.45) is 4.92. The van der Waals surface area contributed by atoms with Crippen LogP contribution in [-0.2, 0) is 7.05 Å². The van der Waals surface area contributed by atoms with Crippen LogP contribution in [0.2, 0.25) is 0 Å². The van der Waals surface area contributed by atoms with Gasteiger partial charge in [0.25, 0.3) is 5.91 Å². The molecule has 0 aliphatic carbocycles. The lowest BCUT2D eigenvalue weighted by Crippen LogP contribution is -2.24. The van der Waals surface area contributed by atoms with Gasteiger partial charge in [0, 0.05) is 13.6 Å². The van der Waals surface area contributed by atoms with E-state index in [4.69, 9.17) is 0 Å². The van der Waals surface area contributed by atoms with Crippen molar-refractivity contribution in [2.24, 2.45) is 7.05 Å². The molecule has 0 radical (unpaired) electrons. The molecule has 5 nitrogen and oxygen atoms in total. The van der Waals surface area contributed by atoms with Gasteiger partial charge in [-0.15, -0.1) is 5.10 Å². The van der Waals surface area contributed by atoms with E-state index in [2.05, 4.69) is 22.6 Å². The Bertz CT molecular complexity index is 295. The first-order valence-corrected chi connectivity index (χ1v) is 4.88. The molecular weight excluding hydrogens is 180 g/mol. The smallest absolute Gasteiger partial charge is 0.273 e. The van der Waals surface area contributed by atoms with Crippen LogP contribution >= 0.6 is 0 Å². The molecule has 0 aliphatic heterocycles. The molecule has 0 unspecified atom stereocenters. The number of nitrogens with one attached hydrogen (secondary N) is 1. The first-order valence-electron chi connectivity index (χ1n) is 4.88. The fraction of sp³-hybridized carbons (Fsp3) is 0.667. The number of nitrogens with zero attached hydrogens (tertiary/aromatic N) is 3. The molecule has 0 aliphatic rings. The van der Waals surface area contributed by atoms with Gasteiger partial charge in [-0.3, -0.25) is 9.48 Å². The number of amides is 1. The average molecular weight is 196 g/mol. The Balaban J connectivity index is 2.29. The van der Waals surface area contributed by atoms with E-state index in [1.165, 1.54) is 4.68 Å². The Morgan fingerprint density at radius 2 is 2.36 bits per heavy atom. The van der Waals surface area contributed by atoms with Gasteiger partial charge in [-0.25, -0.2) is 0 Å². The summed E-state index contributed by atoms with van der Waals surface area (Å²) in [6, 6.07) is 0. The molecule has 0 atom stereocenters. The normalized spacial score (nSPS) is 10.1. The number of unbranched alkanes of at least 4 members (excludes halogenated alkanes) is 2. The molecule has 5 heteroatoms. The third-order valence-electron chi connectivity index (χ3n) is 1.90. The van der Waals surface area contributed by atoms with E-state index in [1.807, 2.05) is 0 Å². The fourth-order valence-corrected chi connectivity index (χ4v) is 1.12. The van der Waals surface area contributed by atoms with E-state index in [1.54, 1.807) is 13.2 Å². The molecule has 14 heavy (non-hydrogen) atoms. The molecule has 1 N–H and O–H groups in total. The quantitative estimate of drug-likeness (QED) is 0.706. The summed E-state index contributed by atoms with van der Waals surface area (Å²) in [5.74, 6) is -0.144. The van der Waals surface area contributed by atoms with Crippen LogP contribution in [0.25, 0.3) is 0 Å². The lowest BCUT2D eigenvalue weighted by Gasteiger charge is -2.00. The Labute approximate surface area is 83.5 Å². The second kappa shape index (κ2) is 5.36. The van der Waals surface area contributed by atoms with E-state index in [-0.39, 0.29) is 5.91 Å². The molecule has 0 saturated carbocycles. The molecule has 0 aromatic carbocycles. The van der Waals surface area contributed by atoms with Crippen LogP contribution in [0, 0.1) is 0 Å². The van der Waals surface area contributed by atoms with Crippen molar-refractivity contribution in [1.29, 1.82) is 0 Å². The largest absolute Gasteiger partial charge is 0.351 e. The van der Waals surface area contributed by atoms with Crippen molar-refractivity contribution in [1.82, 2.24) is 20.3 Å². The van der Waals surface area contributed by atoms with E-state index < -0.39 is 0 Å². The maximum Gasteiger partial charge on any atom is 0.273 e. The topological polar surface area (TPSA) is 59.8 Å². The van der Waals surface area contributed by atoms with Crippen molar-refractivity contribution in [2.45, 2.75) is 26.2 Å². The summed E-state index contributed by atoms with van der Waals surface area (Å²) in [4.78, 5) is 11.4. The van der Waals surface area contributed by atoms with E-state index >= 15 is 0 Å². The Morgan fingerprint density at radius 3 is 2.93 bits per heavy atom. The minimum absolute atomic E-state index is 0.144. The second-order valence-corrected chi connectivity index (χ2v) is 3.24. The van der Waals surface area contributed by atoms with Gasteiger partial charge in [0.15, 0.2) is 5.69 Å². The zero-order valence-electron chi connectivity index (χ0n) is 8.66. The van der Waals surface area contributed by atoms with E-state index in [9.17, 15) is 4.79 Å². The zero-order chi connectivity index (χ0) is 10.4. The van der Waals surface area contributed by atoms with Crippen LogP contribution in [0.4, 0.5) is 0 Å². The van der Waals surface area contributed by atoms with Gasteiger partial charge in [-0.1, -0.05) is 25.0 Å². The standard InChI is InChI=1S/C9H16N4O/c1-3-4-5-6-10-9(14)8-7-13(2)12-11-8/h7H,3-6H2,1-2H3,(H,10,14). The van der Waals surface area contributed by atoms with E-state index in [0.717, 1.165) is 19.3 Å². The minimum atomic E-state index is -0.144. The number of hydrogen-bond acceptors (Lipinski definition) is 3. The number of rotatable bonds is 5. The highest BCUT2D eigenvalue weighted by Crippen LogP contribution is 1.94. The van der Waals surface area contributed by atoms with Gasteiger partial charge < -0.3 is 5.32 Å². The third kappa shape index (κ3) is 3.16. The summed E-state index contributed by atoms with van der Waals surface area (Å²) in [5, 5.41) is 10.2. The van der Waals surface area contributed by atoms with Crippen LogP contribution in [0.5, 0.6) is 0 Å². The first kappa shape index (κ1) is 10.7. The van der Waals surface area contributed by atoms with E-state index in [0.29, 0.717) is 12.2 Å². The maximum atomic E-state index is 11.4. The number of carbonyl (C=O) groups excluding carboxylic acids is 1. The van der Waals surface area contributed by atoms with Gasteiger partial charge in [0.05, 0.1) is 6.20 Å². The van der Waals surface area contributed by atoms with Crippen LogP contribution in [-0.4, -0.2) is 27.4 Å². The average Bonchev–Trinajstić information content (AvgIpc) is 2.59. The number of aromatic nitrogens is 3. The Hall–Kier alpha value is -1.39. The highest BCUT2D eigenvalue weighted by molar-refractivity contribution is 5.91. The van der Waals surface area contributed by atoms with Crippen molar-refractivity contribution in [3.05, 3.63) is 11.9 Å².